The third-order valence-corrected chi connectivity index (χ3v) is 7.47. The van der Waals surface area contributed by atoms with E-state index in [9.17, 15) is 13.2 Å². The van der Waals surface area contributed by atoms with Crippen LogP contribution in [0.3, 0.4) is 0 Å². The van der Waals surface area contributed by atoms with Gasteiger partial charge in [-0.1, -0.05) is 58.9 Å². The maximum atomic E-state index is 13.4. The van der Waals surface area contributed by atoms with E-state index in [0.717, 1.165) is 36.2 Å². The van der Waals surface area contributed by atoms with Gasteiger partial charge < -0.3 is 9.47 Å². The van der Waals surface area contributed by atoms with Gasteiger partial charge in [0.05, 0.1) is 24.2 Å². The second-order valence-electron chi connectivity index (χ2n) is 11.2. The zero-order valence-corrected chi connectivity index (χ0v) is 21.8. The molecular formula is C26H39N3O3S. The summed E-state index contributed by atoms with van der Waals surface area (Å²) in [4.78, 5) is 19.4. The van der Waals surface area contributed by atoms with Crippen molar-refractivity contribution in [3.8, 4) is 0 Å². The third-order valence-electron chi connectivity index (χ3n) is 5.90. The van der Waals surface area contributed by atoms with Gasteiger partial charge in [0.1, 0.15) is 0 Å². The molecule has 1 aliphatic rings. The molecule has 0 radical (unpaired) electrons. The molecule has 1 aromatic heterocycles. The summed E-state index contributed by atoms with van der Waals surface area (Å²) in [6.07, 6.45) is 4.43. The average Bonchev–Trinajstić information content (AvgIpc) is 3.41. The van der Waals surface area contributed by atoms with Crippen LogP contribution < -0.4 is 0 Å². The number of carbonyl (C=O) groups excluding carboxylic acids is 1. The lowest BCUT2D eigenvalue weighted by molar-refractivity contribution is -0.134. The van der Waals surface area contributed by atoms with E-state index in [1.807, 2.05) is 40.7 Å². The average molecular weight is 474 g/mol. The smallest absolute Gasteiger partial charge is 0.228 e. The number of nitrogens with zero attached hydrogens (tertiary/aromatic N) is 3. The fourth-order valence-corrected chi connectivity index (χ4v) is 5.60. The number of rotatable bonds is 10. The minimum Gasteiger partial charge on any atom is -0.337 e. The molecule has 1 heterocycles. The Bertz CT molecular complexity index is 1080. The number of aryl methyl sites for hydroxylation is 1. The van der Waals surface area contributed by atoms with E-state index in [1.54, 1.807) is 6.20 Å². The van der Waals surface area contributed by atoms with Gasteiger partial charge in [-0.25, -0.2) is 13.4 Å². The molecule has 2 aromatic rings. The van der Waals surface area contributed by atoms with Gasteiger partial charge in [-0.05, 0) is 48.1 Å². The van der Waals surface area contributed by atoms with Crippen LogP contribution >= 0.6 is 0 Å². The van der Waals surface area contributed by atoms with Crippen molar-refractivity contribution < 1.29 is 13.2 Å². The summed E-state index contributed by atoms with van der Waals surface area (Å²) >= 11 is 0. The van der Waals surface area contributed by atoms with Gasteiger partial charge in [-0.3, -0.25) is 4.79 Å². The molecule has 1 saturated carbocycles. The van der Waals surface area contributed by atoms with Crippen LogP contribution in [0.4, 0.5) is 0 Å². The van der Waals surface area contributed by atoms with Crippen LogP contribution in [0.15, 0.2) is 35.6 Å². The highest BCUT2D eigenvalue weighted by Gasteiger charge is 2.31. The summed E-state index contributed by atoms with van der Waals surface area (Å²) in [5.74, 6) is 0.839. The standard InChI is InChI=1S/C26H39N3O3S/c1-19(2)15-29-23(17-28(16-21-11-12-21)24(30)13-26(4,5)6)14-27-25(29)33(31,32)18-22-10-8-7-9-20(22)3/h7-10,14,19,21H,11-13,15-18H2,1-6H3. The monoisotopic (exact) mass is 473 g/mol. The lowest BCUT2D eigenvalue weighted by atomic mass is 9.91. The summed E-state index contributed by atoms with van der Waals surface area (Å²) in [6.45, 7) is 13.9. The molecule has 1 aromatic carbocycles. The number of hydrogen-bond donors (Lipinski definition) is 0. The Labute approximate surface area is 199 Å². The van der Waals surface area contributed by atoms with Crippen molar-refractivity contribution in [1.82, 2.24) is 14.5 Å². The molecule has 0 bridgehead atoms. The first-order chi connectivity index (χ1) is 15.4. The highest BCUT2D eigenvalue weighted by molar-refractivity contribution is 7.90. The van der Waals surface area contributed by atoms with Crippen molar-refractivity contribution >= 4 is 15.7 Å². The molecule has 0 aliphatic heterocycles. The van der Waals surface area contributed by atoms with Crippen LogP contribution in [-0.4, -0.2) is 35.3 Å². The highest BCUT2D eigenvalue weighted by Crippen LogP contribution is 2.32. The van der Waals surface area contributed by atoms with E-state index >= 15 is 0 Å². The van der Waals surface area contributed by atoms with Gasteiger partial charge in [-0.15, -0.1) is 0 Å². The zero-order chi connectivity index (χ0) is 24.4. The second-order valence-corrected chi connectivity index (χ2v) is 13.1. The number of carbonyl (C=O) groups is 1. The van der Waals surface area contributed by atoms with Crippen LogP contribution in [0.1, 0.15) is 70.7 Å². The SMILES string of the molecule is Cc1ccccc1CS(=O)(=O)c1ncc(CN(CC2CC2)C(=O)CC(C)(C)C)n1CC(C)C. The summed E-state index contributed by atoms with van der Waals surface area (Å²) in [5.41, 5.74) is 2.43. The quantitative estimate of drug-likeness (QED) is 0.487. The molecule has 7 heteroatoms. The Balaban J connectivity index is 1.91. The van der Waals surface area contributed by atoms with Crippen molar-refractivity contribution in [3.05, 3.63) is 47.3 Å². The lowest BCUT2D eigenvalue weighted by Crippen LogP contribution is -2.35. The molecule has 33 heavy (non-hydrogen) atoms. The van der Waals surface area contributed by atoms with Crippen molar-refractivity contribution in [2.45, 2.75) is 84.8 Å². The number of imidazole rings is 1. The summed E-state index contributed by atoms with van der Waals surface area (Å²) in [5, 5.41) is 0.101. The van der Waals surface area contributed by atoms with Gasteiger partial charge in [0.25, 0.3) is 0 Å². The van der Waals surface area contributed by atoms with E-state index in [4.69, 9.17) is 0 Å². The van der Waals surface area contributed by atoms with Crippen molar-refractivity contribution in [3.63, 3.8) is 0 Å². The van der Waals surface area contributed by atoms with E-state index in [1.165, 1.54) is 0 Å². The molecule has 0 N–H and O–H groups in total. The number of benzene rings is 1. The molecule has 1 amide bonds. The van der Waals surface area contributed by atoms with Crippen LogP contribution in [0.25, 0.3) is 0 Å². The second kappa shape index (κ2) is 10.00. The number of hydrogen-bond acceptors (Lipinski definition) is 4. The van der Waals surface area contributed by atoms with Gasteiger partial charge in [0, 0.05) is 19.5 Å². The number of aromatic nitrogens is 2. The Kier molecular flexibility index (Phi) is 7.72. The molecule has 0 saturated heterocycles. The maximum Gasteiger partial charge on any atom is 0.228 e. The van der Waals surface area contributed by atoms with E-state index in [2.05, 4.69) is 39.6 Å². The first-order valence-corrected chi connectivity index (χ1v) is 13.6. The lowest BCUT2D eigenvalue weighted by Gasteiger charge is -2.27. The largest absolute Gasteiger partial charge is 0.337 e. The van der Waals surface area contributed by atoms with Gasteiger partial charge in [0.15, 0.2) is 0 Å². The minimum absolute atomic E-state index is 0.0804. The molecule has 0 spiro atoms. The Morgan fingerprint density at radius 2 is 1.88 bits per heavy atom. The Morgan fingerprint density at radius 1 is 1.21 bits per heavy atom. The van der Waals surface area contributed by atoms with Crippen molar-refractivity contribution in [2.75, 3.05) is 6.54 Å². The fraction of sp³-hybridized carbons (Fsp3) is 0.615. The van der Waals surface area contributed by atoms with Crippen molar-refractivity contribution in [1.29, 1.82) is 0 Å². The summed E-state index contributed by atoms with van der Waals surface area (Å²) in [7, 11) is -3.64. The molecular weight excluding hydrogens is 434 g/mol. The molecule has 0 unspecified atom stereocenters. The Morgan fingerprint density at radius 3 is 2.45 bits per heavy atom. The van der Waals surface area contributed by atoms with Gasteiger partial charge >= 0.3 is 0 Å². The topological polar surface area (TPSA) is 72.3 Å². The van der Waals surface area contributed by atoms with Crippen LogP contribution in [0.5, 0.6) is 0 Å². The first-order valence-electron chi connectivity index (χ1n) is 11.9. The van der Waals surface area contributed by atoms with E-state index < -0.39 is 9.84 Å². The van der Waals surface area contributed by atoms with Gasteiger partial charge in [-0.2, -0.15) is 0 Å². The van der Waals surface area contributed by atoms with Crippen molar-refractivity contribution in [2.24, 2.45) is 17.3 Å². The van der Waals surface area contributed by atoms with E-state index in [-0.39, 0.29) is 28.1 Å². The highest BCUT2D eigenvalue weighted by atomic mass is 32.2. The molecule has 1 aliphatic carbocycles. The van der Waals surface area contributed by atoms with E-state index in [0.29, 0.717) is 25.4 Å². The predicted molar refractivity (Wildman–Crippen MR) is 131 cm³/mol. The van der Waals surface area contributed by atoms with Crippen LogP contribution in [-0.2, 0) is 33.5 Å². The predicted octanol–water partition coefficient (Wildman–Crippen LogP) is 5.00. The molecule has 182 valence electrons. The molecule has 3 rings (SSSR count). The summed E-state index contributed by atoms with van der Waals surface area (Å²) in [6, 6.07) is 7.55. The number of sulfone groups is 1. The maximum absolute atomic E-state index is 13.4. The molecule has 0 atom stereocenters. The normalized spacial score (nSPS) is 14.6. The van der Waals surface area contributed by atoms with Gasteiger partial charge in [0.2, 0.25) is 20.9 Å². The van der Waals surface area contributed by atoms with Crippen LogP contribution in [0, 0.1) is 24.2 Å². The fourth-order valence-electron chi connectivity index (χ4n) is 4.00. The summed E-state index contributed by atoms with van der Waals surface area (Å²) < 4.78 is 28.6. The minimum atomic E-state index is -3.64. The molecule has 6 nitrogen and oxygen atoms in total. The Hall–Kier alpha value is -2.15. The first kappa shape index (κ1) is 25.5. The zero-order valence-electron chi connectivity index (χ0n) is 21.0. The third kappa shape index (κ3) is 7.16. The van der Waals surface area contributed by atoms with Crippen LogP contribution in [0.2, 0.25) is 0 Å². The molecule has 1 fully saturated rings. The number of amides is 1.